The Bertz CT molecular complexity index is 680. The Kier molecular flexibility index (Phi) is 3.92. The normalized spacial score (nSPS) is 32.6. The predicted octanol–water partition coefficient (Wildman–Crippen LogP) is 4.71. The minimum absolute atomic E-state index is 0.0315. The minimum atomic E-state index is -0.424. The summed E-state index contributed by atoms with van der Waals surface area (Å²) in [6.07, 6.45) is 6.38. The molecule has 3 rings (SSSR count). The van der Waals surface area contributed by atoms with Crippen LogP contribution in [-0.4, -0.2) is 5.78 Å². The first kappa shape index (κ1) is 16.0. The molecule has 0 spiro atoms. The second kappa shape index (κ2) is 5.64. The molecule has 0 unspecified atom stereocenters. The van der Waals surface area contributed by atoms with E-state index < -0.39 is 5.41 Å². The molecule has 0 aromatic heterocycles. The van der Waals surface area contributed by atoms with Crippen molar-refractivity contribution in [3.05, 3.63) is 47.5 Å². The summed E-state index contributed by atoms with van der Waals surface area (Å²) >= 11 is 0. The summed E-state index contributed by atoms with van der Waals surface area (Å²) in [7, 11) is 0. The molecule has 1 aromatic rings. The molecule has 0 saturated heterocycles. The zero-order valence-corrected chi connectivity index (χ0v) is 14.3. The molecule has 2 aliphatic rings. The van der Waals surface area contributed by atoms with Gasteiger partial charge in [0, 0.05) is 5.41 Å². The first-order chi connectivity index (χ1) is 10.9. The topological polar surface area (TPSA) is 40.9 Å². The smallest absolute Gasteiger partial charge is 0.178 e. The van der Waals surface area contributed by atoms with E-state index in [-0.39, 0.29) is 11.2 Å². The van der Waals surface area contributed by atoms with E-state index in [0.29, 0.717) is 17.4 Å². The van der Waals surface area contributed by atoms with Crippen LogP contribution in [0, 0.1) is 34.0 Å². The van der Waals surface area contributed by atoms with Gasteiger partial charge in [0.1, 0.15) is 6.07 Å². The molecule has 23 heavy (non-hydrogen) atoms. The van der Waals surface area contributed by atoms with Crippen LogP contribution < -0.4 is 0 Å². The number of carbonyl (C=O) groups is 1. The first-order valence-electron chi connectivity index (χ1n) is 8.58. The Hall–Kier alpha value is -1.88. The van der Waals surface area contributed by atoms with Crippen LogP contribution in [0.3, 0.4) is 0 Å². The summed E-state index contributed by atoms with van der Waals surface area (Å²) in [5.41, 5.74) is 1.29. The molecular weight excluding hydrogens is 282 g/mol. The van der Waals surface area contributed by atoms with Crippen LogP contribution in [0.2, 0.25) is 0 Å². The van der Waals surface area contributed by atoms with E-state index in [1.807, 2.05) is 19.9 Å². The summed E-state index contributed by atoms with van der Waals surface area (Å²) in [5, 5.41) is 9.36. The summed E-state index contributed by atoms with van der Waals surface area (Å²) < 4.78 is 0. The van der Waals surface area contributed by atoms with Crippen LogP contribution >= 0.6 is 0 Å². The quantitative estimate of drug-likeness (QED) is 0.794. The Morgan fingerprint density at radius 1 is 1.17 bits per heavy atom. The summed E-state index contributed by atoms with van der Waals surface area (Å²) in [5.74, 6) is 0.995. The number of fused-ring (bicyclic) bond motifs is 1. The van der Waals surface area contributed by atoms with Crippen LogP contribution in [0.5, 0.6) is 0 Å². The Morgan fingerprint density at radius 2 is 1.87 bits per heavy atom. The average Bonchev–Trinajstić information content (AvgIpc) is 2.52. The number of hydrogen-bond acceptors (Lipinski definition) is 2. The number of Topliss-reactive ketones (excluding diaryl/α,β-unsaturated/α-hetero) is 1. The largest absolute Gasteiger partial charge is 0.293 e. The SMILES string of the molecule is CC1(C)C(=O)C(C#N)=C[C@]2(C)C[C@@H](Cc3ccccc3)CC[C@@H]12. The third-order valence-corrected chi connectivity index (χ3v) is 6.05. The van der Waals surface area contributed by atoms with Crippen molar-refractivity contribution >= 4 is 5.78 Å². The maximum Gasteiger partial charge on any atom is 0.178 e. The molecule has 1 aromatic carbocycles. The fourth-order valence-electron chi connectivity index (χ4n) is 5.05. The molecule has 1 fully saturated rings. The van der Waals surface area contributed by atoms with Gasteiger partial charge < -0.3 is 0 Å². The number of nitrogens with zero attached hydrogens (tertiary/aromatic N) is 1. The van der Waals surface area contributed by atoms with Crippen molar-refractivity contribution in [1.82, 2.24) is 0 Å². The highest BCUT2D eigenvalue weighted by Crippen LogP contribution is 2.56. The van der Waals surface area contributed by atoms with Gasteiger partial charge in [-0.1, -0.05) is 57.2 Å². The Labute approximate surface area is 139 Å². The maximum absolute atomic E-state index is 12.6. The van der Waals surface area contributed by atoms with Crippen LogP contribution in [-0.2, 0) is 11.2 Å². The maximum atomic E-state index is 12.6. The van der Waals surface area contributed by atoms with Crippen molar-refractivity contribution < 1.29 is 4.79 Å². The fraction of sp³-hybridized carbons (Fsp3) is 0.524. The van der Waals surface area contributed by atoms with Crippen LogP contribution in [0.4, 0.5) is 0 Å². The number of ketones is 1. The number of hydrogen-bond donors (Lipinski definition) is 0. The number of rotatable bonds is 2. The van der Waals surface area contributed by atoms with Gasteiger partial charge in [0.15, 0.2) is 5.78 Å². The highest BCUT2D eigenvalue weighted by Gasteiger charge is 2.53. The van der Waals surface area contributed by atoms with Crippen molar-refractivity contribution in [2.45, 2.75) is 46.5 Å². The van der Waals surface area contributed by atoms with E-state index in [1.54, 1.807) is 0 Å². The molecule has 2 nitrogen and oxygen atoms in total. The van der Waals surface area contributed by atoms with Gasteiger partial charge in [-0.25, -0.2) is 0 Å². The zero-order valence-electron chi connectivity index (χ0n) is 14.3. The number of nitriles is 1. The monoisotopic (exact) mass is 307 g/mol. The molecule has 0 bridgehead atoms. The van der Waals surface area contributed by atoms with E-state index in [9.17, 15) is 10.1 Å². The lowest BCUT2D eigenvalue weighted by Gasteiger charge is -2.52. The first-order valence-corrected chi connectivity index (χ1v) is 8.58. The van der Waals surface area contributed by atoms with Gasteiger partial charge in [-0.2, -0.15) is 5.26 Å². The zero-order chi connectivity index (χ0) is 16.7. The van der Waals surface area contributed by atoms with E-state index in [4.69, 9.17) is 0 Å². The molecule has 2 aliphatic carbocycles. The molecule has 0 amide bonds. The second-order valence-electron chi connectivity index (χ2n) is 8.12. The van der Waals surface area contributed by atoms with E-state index in [2.05, 4.69) is 43.3 Å². The summed E-state index contributed by atoms with van der Waals surface area (Å²) in [6.45, 7) is 6.31. The van der Waals surface area contributed by atoms with E-state index in [1.165, 1.54) is 12.0 Å². The third-order valence-electron chi connectivity index (χ3n) is 6.05. The van der Waals surface area contributed by atoms with Crippen molar-refractivity contribution in [1.29, 1.82) is 5.26 Å². The van der Waals surface area contributed by atoms with Crippen molar-refractivity contribution in [2.24, 2.45) is 22.7 Å². The molecule has 0 radical (unpaired) electrons. The molecule has 3 atom stereocenters. The van der Waals surface area contributed by atoms with Gasteiger partial charge in [-0.15, -0.1) is 0 Å². The molecule has 0 N–H and O–H groups in total. The van der Waals surface area contributed by atoms with Crippen LogP contribution in [0.25, 0.3) is 0 Å². The van der Waals surface area contributed by atoms with Crippen molar-refractivity contribution in [3.8, 4) is 6.07 Å². The fourth-order valence-corrected chi connectivity index (χ4v) is 5.05. The van der Waals surface area contributed by atoms with E-state index >= 15 is 0 Å². The van der Waals surface area contributed by atoms with Gasteiger partial charge in [0.2, 0.25) is 0 Å². The average molecular weight is 307 g/mol. The molecule has 0 heterocycles. The number of allylic oxidation sites excluding steroid dienone is 2. The molecule has 120 valence electrons. The summed E-state index contributed by atoms with van der Waals surface area (Å²) in [4.78, 5) is 12.6. The summed E-state index contributed by atoms with van der Waals surface area (Å²) in [6, 6.07) is 12.8. The highest BCUT2D eigenvalue weighted by atomic mass is 16.1. The Morgan fingerprint density at radius 3 is 2.52 bits per heavy atom. The second-order valence-corrected chi connectivity index (χ2v) is 8.12. The lowest BCUT2D eigenvalue weighted by Crippen LogP contribution is -2.49. The Balaban J connectivity index is 1.87. The molecule has 0 aliphatic heterocycles. The number of carbonyl (C=O) groups excluding carboxylic acids is 1. The minimum Gasteiger partial charge on any atom is -0.293 e. The van der Waals surface area contributed by atoms with Crippen LogP contribution in [0.1, 0.15) is 45.6 Å². The van der Waals surface area contributed by atoms with Gasteiger partial charge >= 0.3 is 0 Å². The van der Waals surface area contributed by atoms with E-state index in [0.717, 1.165) is 19.3 Å². The highest BCUT2D eigenvalue weighted by molar-refractivity contribution is 6.04. The van der Waals surface area contributed by atoms with Gasteiger partial charge in [-0.05, 0) is 48.5 Å². The lowest BCUT2D eigenvalue weighted by atomic mass is 9.51. The van der Waals surface area contributed by atoms with Gasteiger partial charge in [0.25, 0.3) is 0 Å². The molecular formula is C21H25NO. The van der Waals surface area contributed by atoms with Gasteiger partial charge in [0.05, 0.1) is 5.57 Å². The van der Waals surface area contributed by atoms with Crippen molar-refractivity contribution in [3.63, 3.8) is 0 Å². The van der Waals surface area contributed by atoms with Gasteiger partial charge in [-0.3, -0.25) is 4.79 Å². The molecule has 2 heteroatoms. The molecule has 1 saturated carbocycles. The lowest BCUT2D eigenvalue weighted by molar-refractivity contribution is -0.131. The van der Waals surface area contributed by atoms with Crippen molar-refractivity contribution in [2.75, 3.05) is 0 Å². The third kappa shape index (κ3) is 2.74. The standard InChI is InChI=1S/C21H25NO/c1-20(2)18-10-9-16(11-15-7-5-4-6-8-15)12-21(18,3)13-17(14-22)19(20)23/h4-8,13,16,18H,9-12H2,1-3H3/t16-,18+,21+/m1/s1. The van der Waals surface area contributed by atoms with Crippen LogP contribution in [0.15, 0.2) is 42.0 Å². The number of benzene rings is 1. The predicted molar refractivity (Wildman–Crippen MR) is 91.6 cm³/mol.